The van der Waals surface area contributed by atoms with Crippen molar-refractivity contribution in [3.8, 4) is 5.75 Å². The molecule has 0 aliphatic carbocycles. The van der Waals surface area contributed by atoms with Gasteiger partial charge in [-0.2, -0.15) is 5.10 Å². The second kappa shape index (κ2) is 6.25. The Morgan fingerprint density at radius 3 is 2.33 bits per heavy atom. The predicted octanol–water partition coefficient (Wildman–Crippen LogP) is 3.70. The smallest absolute Gasteiger partial charge is 0.186 e. The third kappa shape index (κ3) is 3.31. The van der Waals surface area contributed by atoms with E-state index in [2.05, 4.69) is 5.10 Å². The van der Waals surface area contributed by atoms with Crippen LogP contribution in [0.5, 0.6) is 5.75 Å². The summed E-state index contributed by atoms with van der Waals surface area (Å²) in [6.45, 7) is 0. The number of rotatable bonds is 4. The van der Waals surface area contributed by atoms with Crippen LogP contribution < -0.4 is 10.2 Å². The number of hydrazone groups is 1. The normalized spacial score (nSPS) is 10.9. The first-order valence-corrected chi connectivity index (χ1v) is 5.79. The van der Waals surface area contributed by atoms with E-state index in [-0.39, 0.29) is 6.07 Å². The van der Waals surface area contributed by atoms with Crippen molar-refractivity contribution in [2.45, 2.75) is 0 Å². The van der Waals surface area contributed by atoms with Crippen LogP contribution in [0.4, 0.5) is 23.2 Å². The number of benzene rings is 2. The van der Waals surface area contributed by atoms with Crippen LogP contribution in [-0.2, 0) is 0 Å². The van der Waals surface area contributed by atoms with Gasteiger partial charge < -0.3 is 4.74 Å². The SMILES string of the molecule is COc1cccc(C=NNc2c(F)c(F)cc(F)c2F)c1. The number of methoxy groups -OCH3 is 1. The Kier molecular flexibility index (Phi) is 4.42. The first-order chi connectivity index (χ1) is 10.0. The summed E-state index contributed by atoms with van der Waals surface area (Å²) >= 11 is 0. The Hall–Kier alpha value is -2.57. The van der Waals surface area contributed by atoms with Gasteiger partial charge in [0.2, 0.25) is 0 Å². The van der Waals surface area contributed by atoms with Crippen molar-refractivity contribution in [1.82, 2.24) is 0 Å². The predicted molar refractivity (Wildman–Crippen MR) is 70.5 cm³/mol. The van der Waals surface area contributed by atoms with Gasteiger partial charge in [0.25, 0.3) is 0 Å². The van der Waals surface area contributed by atoms with Gasteiger partial charge in [-0.05, 0) is 17.7 Å². The monoisotopic (exact) mass is 298 g/mol. The van der Waals surface area contributed by atoms with Crippen LogP contribution in [0, 0.1) is 23.3 Å². The van der Waals surface area contributed by atoms with Crippen molar-refractivity contribution in [3.63, 3.8) is 0 Å². The molecule has 110 valence electrons. The average Bonchev–Trinajstić information content (AvgIpc) is 2.49. The highest BCUT2D eigenvalue weighted by Gasteiger charge is 2.18. The number of hydrogen-bond donors (Lipinski definition) is 1. The zero-order valence-electron chi connectivity index (χ0n) is 10.8. The third-order valence-electron chi connectivity index (χ3n) is 2.60. The lowest BCUT2D eigenvalue weighted by molar-refractivity contribution is 0.415. The van der Waals surface area contributed by atoms with E-state index in [1.165, 1.54) is 13.3 Å². The fraction of sp³-hybridized carbons (Fsp3) is 0.0714. The summed E-state index contributed by atoms with van der Waals surface area (Å²) < 4.78 is 57.6. The first-order valence-electron chi connectivity index (χ1n) is 5.79. The second-order valence-electron chi connectivity index (χ2n) is 3.99. The second-order valence-corrected chi connectivity index (χ2v) is 3.99. The molecule has 0 aliphatic rings. The molecular weight excluding hydrogens is 288 g/mol. The number of halogens is 4. The maximum absolute atomic E-state index is 13.3. The van der Waals surface area contributed by atoms with Crippen molar-refractivity contribution >= 4 is 11.9 Å². The number of hydrogen-bond acceptors (Lipinski definition) is 3. The number of ether oxygens (including phenoxy) is 1. The Morgan fingerprint density at radius 1 is 1.05 bits per heavy atom. The molecule has 0 saturated carbocycles. The molecule has 0 radical (unpaired) electrons. The van der Waals surface area contributed by atoms with Crippen molar-refractivity contribution in [3.05, 3.63) is 59.2 Å². The number of nitrogens with one attached hydrogen (secondary N) is 1. The van der Waals surface area contributed by atoms with Crippen LogP contribution in [0.2, 0.25) is 0 Å². The van der Waals surface area contributed by atoms with Gasteiger partial charge in [-0.3, -0.25) is 5.43 Å². The van der Waals surface area contributed by atoms with E-state index in [1.54, 1.807) is 24.3 Å². The summed E-state index contributed by atoms with van der Waals surface area (Å²) in [4.78, 5) is 0. The summed E-state index contributed by atoms with van der Waals surface area (Å²) in [5.41, 5.74) is 1.52. The summed E-state index contributed by atoms with van der Waals surface area (Å²) in [6, 6.07) is 6.79. The molecule has 0 heterocycles. The minimum Gasteiger partial charge on any atom is -0.497 e. The van der Waals surface area contributed by atoms with E-state index in [1.807, 2.05) is 5.43 Å². The van der Waals surface area contributed by atoms with Crippen LogP contribution >= 0.6 is 0 Å². The lowest BCUT2D eigenvalue weighted by Crippen LogP contribution is -2.02. The lowest BCUT2D eigenvalue weighted by Gasteiger charge is -2.05. The summed E-state index contributed by atoms with van der Waals surface area (Å²) in [5.74, 6) is -5.54. The number of nitrogens with zero attached hydrogens (tertiary/aromatic N) is 1. The van der Waals surface area contributed by atoms with Gasteiger partial charge in [0.05, 0.1) is 13.3 Å². The molecule has 0 atom stereocenters. The van der Waals surface area contributed by atoms with Gasteiger partial charge in [0, 0.05) is 6.07 Å². The fourth-order valence-electron chi connectivity index (χ4n) is 1.56. The molecular formula is C14H10F4N2O. The van der Waals surface area contributed by atoms with Gasteiger partial charge >= 0.3 is 0 Å². The van der Waals surface area contributed by atoms with E-state index < -0.39 is 29.0 Å². The zero-order chi connectivity index (χ0) is 15.4. The summed E-state index contributed by atoms with van der Waals surface area (Å²) in [7, 11) is 1.48. The van der Waals surface area contributed by atoms with Crippen LogP contribution in [0.15, 0.2) is 35.4 Å². The van der Waals surface area contributed by atoms with Gasteiger partial charge in [-0.15, -0.1) is 0 Å². The minimum absolute atomic E-state index is 0.127. The Morgan fingerprint density at radius 2 is 1.71 bits per heavy atom. The van der Waals surface area contributed by atoms with Crippen LogP contribution in [-0.4, -0.2) is 13.3 Å². The molecule has 1 N–H and O–H groups in total. The highest BCUT2D eigenvalue weighted by Crippen LogP contribution is 2.24. The third-order valence-corrected chi connectivity index (χ3v) is 2.60. The Bertz CT molecular complexity index is 663. The largest absolute Gasteiger partial charge is 0.497 e. The number of anilines is 1. The molecule has 0 bridgehead atoms. The van der Waals surface area contributed by atoms with Crippen LogP contribution in [0.1, 0.15) is 5.56 Å². The van der Waals surface area contributed by atoms with E-state index in [4.69, 9.17) is 4.74 Å². The quantitative estimate of drug-likeness (QED) is 0.404. The molecule has 0 fully saturated rings. The van der Waals surface area contributed by atoms with Crippen molar-refractivity contribution in [2.24, 2.45) is 5.10 Å². The molecule has 0 aromatic heterocycles. The van der Waals surface area contributed by atoms with E-state index >= 15 is 0 Å². The molecule has 0 amide bonds. The average molecular weight is 298 g/mol. The molecule has 0 unspecified atom stereocenters. The van der Waals surface area contributed by atoms with Crippen molar-refractivity contribution in [1.29, 1.82) is 0 Å². The topological polar surface area (TPSA) is 33.6 Å². The molecule has 2 rings (SSSR count). The molecule has 0 aliphatic heterocycles. The van der Waals surface area contributed by atoms with Gasteiger partial charge in [0.1, 0.15) is 11.4 Å². The minimum atomic E-state index is -1.54. The van der Waals surface area contributed by atoms with Crippen molar-refractivity contribution < 1.29 is 22.3 Å². The molecule has 21 heavy (non-hydrogen) atoms. The first kappa shape index (κ1) is 14.8. The van der Waals surface area contributed by atoms with Gasteiger partial charge in [0.15, 0.2) is 23.3 Å². The lowest BCUT2D eigenvalue weighted by atomic mass is 10.2. The van der Waals surface area contributed by atoms with Crippen molar-refractivity contribution in [2.75, 3.05) is 12.5 Å². The Balaban J connectivity index is 2.21. The highest BCUT2D eigenvalue weighted by atomic mass is 19.2. The van der Waals surface area contributed by atoms with Gasteiger partial charge in [-0.25, -0.2) is 17.6 Å². The maximum atomic E-state index is 13.3. The zero-order valence-corrected chi connectivity index (χ0v) is 10.8. The summed E-state index contributed by atoms with van der Waals surface area (Å²) in [5, 5.41) is 3.55. The molecule has 0 saturated heterocycles. The van der Waals surface area contributed by atoms with Gasteiger partial charge in [-0.1, -0.05) is 12.1 Å². The molecule has 3 nitrogen and oxygen atoms in total. The summed E-state index contributed by atoms with van der Waals surface area (Å²) in [6.07, 6.45) is 1.23. The van der Waals surface area contributed by atoms with E-state index in [0.717, 1.165) is 0 Å². The molecule has 2 aromatic carbocycles. The van der Waals surface area contributed by atoms with E-state index in [9.17, 15) is 17.6 Å². The Labute approximate surface area is 117 Å². The fourth-order valence-corrected chi connectivity index (χ4v) is 1.56. The maximum Gasteiger partial charge on any atom is 0.186 e. The van der Waals surface area contributed by atoms with E-state index in [0.29, 0.717) is 11.3 Å². The molecule has 0 spiro atoms. The molecule has 7 heteroatoms. The van der Waals surface area contributed by atoms with Crippen LogP contribution in [0.3, 0.4) is 0 Å². The molecule has 2 aromatic rings. The standard InChI is InChI=1S/C14H10F4N2O/c1-21-9-4-2-3-8(5-9)7-19-20-14-12(17)10(15)6-11(16)13(14)18/h2-7,20H,1H3. The highest BCUT2D eigenvalue weighted by molar-refractivity contribution is 5.80. The van der Waals surface area contributed by atoms with Crippen LogP contribution in [0.25, 0.3) is 0 Å².